The number of amides is 1. The average molecular weight is 346 g/mol. The van der Waals surface area contributed by atoms with Gasteiger partial charge in [0, 0.05) is 11.8 Å². The monoisotopic (exact) mass is 345 g/mol. The first kappa shape index (κ1) is 17.9. The van der Waals surface area contributed by atoms with Crippen LogP contribution in [0.25, 0.3) is 6.08 Å². The van der Waals surface area contributed by atoms with Crippen molar-refractivity contribution in [1.29, 1.82) is 0 Å². The van der Waals surface area contributed by atoms with Crippen molar-refractivity contribution in [2.24, 2.45) is 0 Å². The first-order valence-electron chi connectivity index (χ1n) is 7.59. The summed E-state index contributed by atoms with van der Waals surface area (Å²) in [6.45, 7) is 4.35. The van der Waals surface area contributed by atoms with E-state index in [-0.39, 0.29) is 5.91 Å². The molecule has 1 N–H and O–H groups in total. The number of methoxy groups -OCH3 is 1. The molecule has 0 fully saturated rings. The summed E-state index contributed by atoms with van der Waals surface area (Å²) < 4.78 is 10.8. The fraction of sp³-hybridized carbons (Fsp3) is 0.211. The zero-order valence-electron chi connectivity index (χ0n) is 13.9. The fourth-order valence-electron chi connectivity index (χ4n) is 2.22. The highest BCUT2D eigenvalue weighted by Gasteiger charge is 2.10. The molecule has 0 bridgehead atoms. The van der Waals surface area contributed by atoms with Crippen LogP contribution in [0, 0.1) is 6.92 Å². The van der Waals surface area contributed by atoms with Crippen LogP contribution < -0.4 is 14.8 Å². The summed E-state index contributed by atoms with van der Waals surface area (Å²) in [5.41, 5.74) is 2.59. The highest BCUT2D eigenvalue weighted by molar-refractivity contribution is 6.32. The molecule has 24 heavy (non-hydrogen) atoms. The molecular formula is C19H20ClNO3. The molecule has 0 spiro atoms. The molecular weight excluding hydrogens is 326 g/mol. The van der Waals surface area contributed by atoms with Gasteiger partial charge in [0.05, 0.1) is 18.7 Å². The van der Waals surface area contributed by atoms with Gasteiger partial charge >= 0.3 is 0 Å². The van der Waals surface area contributed by atoms with E-state index in [0.29, 0.717) is 23.1 Å². The number of carbonyl (C=O) groups excluding carboxylic acids is 1. The van der Waals surface area contributed by atoms with E-state index in [0.717, 1.165) is 16.8 Å². The first-order chi connectivity index (χ1) is 11.5. The standard InChI is InChI=1S/C19H20ClNO3/c1-4-24-17-12-14(11-16(20)19(17)23-3)8-9-18(22)21-15-7-5-6-13(2)10-15/h5-12H,4H2,1-3H3,(H,21,22)/b9-8+. The maximum atomic E-state index is 12.0. The van der Waals surface area contributed by atoms with Crippen molar-refractivity contribution in [2.45, 2.75) is 13.8 Å². The van der Waals surface area contributed by atoms with Gasteiger partial charge in [-0.25, -0.2) is 0 Å². The second-order valence-corrected chi connectivity index (χ2v) is 5.57. The molecule has 2 rings (SSSR count). The minimum atomic E-state index is -0.217. The van der Waals surface area contributed by atoms with E-state index in [9.17, 15) is 4.79 Å². The van der Waals surface area contributed by atoms with Crippen molar-refractivity contribution in [3.63, 3.8) is 0 Å². The third-order valence-electron chi connectivity index (χ3n) is 3.25. The average Bonchev–Trinajstić information content (AvgIpc) is 2.53. The summed E-state index contributed by atoms with van der Waals surface area (Å²) in [7, 11) is 1.54. The zero-order chi connectivity index (χ0) is 17.5. The van der Waals surface area contributed by atoms with Crippen molar-refractivity contribution in [3.05, 3.63) is 58.6 Å². The molecule has 0 atom stereocenters. The van der Waals surface area contributed by atoms with Crippen LogP contribution in [-0.4, -0.2) is 19.6 Å². The van der Waals surface area contributed by atoms with E-state index in [1.807, 2.05) is 38.1 Å². The molecule has 2 aromatic carbocycles. The largest absolute Gasteiger partial charge is 0.491 e. The normalized spacial score (nSPS) is 10.7. The smallest absolute Gasteiger partial charge is 0.248 e. The summed E-state index contributed by atoms with van der Waals surface area (Å²) in [6.07, 6.45) is 3.13. The molecule has 0 aliphatic rings. The Balaban J connectivity index is 2.14. The minimum absolute atomic E-state index is 0.217. The van der Waals surface area contributed by atoms with Crippen LogP contribution in [0.1, 0.15) is 18.1 Å². The molecule has 0 unspecified atom stereocenters. The van der Waals surface area contributed by atoms with E-state index in [1.165, 1.54) is 13.2 Å². The van der Waals surface area contributed by atoms with Gasteiger partial charge in [-0.1, -0.05) is 23.7 Å². The summed E-state index contributed by atoms with van der Waals surface area (Å²) in [6, 6.07) is 11.1. The highest BCUT2D eigenvalue weighted by Crippen LogP contribution is 2.36. The van der Waals surface area contributed by atoms with E-state index in [4.69, 9.17) is 21.1 Å². The molecule has 0 radical (unpaired) electrons. The van der Waals surface area contributed by atoms with Crippen molar-refractivity contribution >= 4 is 29.3 Å². The molecule has 5 heteroatoms. The van der Waals surface area contributed by atoms with Crippen molar-refractivity contribution in [1.82, 2.24) is 0 Å². The number of carbonyl (C=O) groups is 1. The Hall–Kier alpha value is -2.46. The van der Waals surface area contributed by atoms with Crippen molar-refractivity contribution < 1.29 is 14.3 Å². The van der Waals surface area contributed by atoms with Crippen molar-refractivity contribution in [2.75, 3.05) is 19.0 Å². The van der Waals surface area contributed by atoms with Gasteiger partial charge in [-0.15, -0.1) is 0 Å². The highest BCUT2D eigenvalue weighted by atomic mass is 35.5. The van der Waals surface area contributed by atoms with Gasteiger partial charge in [0.1, 0.15) is 0 Å². The summed E-state index contributed by atoms with van der Waals surface area (Å²) >= 11 is 6.19. The van der Waals surface area contributed by atoms with Crippen LogP contribution in [0.5, 0.6) is 11.5 Å². The number of hydrogen-bond donors (Lipinski definition) is 1. The molecule has 126 valence electrons. The van der Waals surface area contributed by atoms with Crippen LogP contribution in [0.2, 0.25) is 5.02 Å². The van der Waals surface area contributed by atoms with Gasteiger partial charge in [0.25, 0.3) is 0 Å². The van der Waals surface area contributed by atoms with Gasteiger partial charge in [0.2, 0.25) is 5.91 Å². The zero-order valence-corrected chi connectivity index (χ0v) is 14.7. The van der Waals surface area contributed by atoms with Gasteiger partial charge in [-0.2, -0.15) is 0 Å². The van der Waals surface area contributed by atoms with Gasteiger partial charge in [-0.05, 0) is 55.3 Å². The van der Waals surface area contributed by atoms with Crippen LogP contribution in [0.15, 0.2) is 42.5 Å². The lowest BCUT2D eigenvalue weighted by molar-refractivity contribution is -0.111. The lowest BCUT2D eigenvalue weighted by Gasteiger charge is -2.11. The Kier molecular flexibility index (Phi) is 6.27. The SMILES string of the molecule is CCOc1cc(/C=C/C(=O)Nc2cccc(C)c2)cc(Cl)c1OC. The van der Waals surface area contributed by atoms with E-state index < -0.39 is 0 Å². The second-order valence-electron chi connectivity index (χ2n) is 5.16. The summed E-state index contributed by atoms with van der Waals surface area (Å²) in [4.78, 5) is 12.0. The number of aryl methyl sites for hydroxylation is 1. The third kappa shape index (κ3) is 4.77. The predicted molar refractivity (Wildman–Crippen MR) is 98.0 cm³/mol. The number of anilines is 1. The molecule has 1 amide bonds. The lowest BCUT2D eigenvalue weighted by Crippen LogP contribution is -2.07. The maximum Gasteiger partial charge on any atom is 0.248 e. The Labute approximate surface area is 147 Å². The van der Waals surface area contributed by atoms with Crippen LogP contribution in [0.4, 0.5) is 5.69 Å². The van der Waals surface area contributed by atoms with E-state index in [1.54, 1.807) is 18.2 Å². The van der Waals surface area contributed by atoms with E-state index in [2.05, 4.69) is 5.32 Å². The number of ether oxygens (including phenoxy) is 2. The minimum Gasteiger partial charge on any atom is -0.491 e. The van der Waals surface area contributed by atoms with Gasteiger partial charge < -0.3 is 14.8 Å². The number of hydrogen-bond acceptors (Lipinski definition) is 3. The third-order valence-corrected chi connectivity index (χ3v) is 3.53. The van der Waals surface area contributed by atoms with Gasteiger partial charge in [-0.3, -0.25) is 4.79 Å². The molecule has 0 saturated heterocycles. The molecule has 4 nitrogen and oxygen atoms in total. The predicted octanol–water partition coefficient (Wildman–Crippen LogP) is 4.71. The Morgan fingerprint density at radius 1 is 1.29 bits per heavy atom. The van der Waals surface area contributed by atoms with Crippen LogP contribution in [-0.2, 0) is 4.79 Å². The fourth-order valence-corrected chi connectivity index (χ4v) is 2.52. The van der Waals surface area contributed by atoms with Crippen molar-refractivity contribution in [3.8, 4) is 11.5 Å². The second kappa shape index (κ2) is 8.41. The molecule has 2 aromatic rings. The van der Waals surface area contributed by atoms with E-state index >= 15 is 0 Å². The quantitative estimate of drug-likeness (QED) is 0.771. The summed E-state index contributed by atoms with van der Waals surface area (Å²) in [5, 5.41) is 3.25. The Morgan fingerprint density at radius 2 is 2.08 bits per heavy atom. The van der Waals surface area contributed by atoms with Crippen LogP contribution >= 0.6 is 11.6 Å². The Bertz CT molecular complexity index is 756. The molecule has 0 aliphatic carbocycles. The van der Waals surface area contributed by atoms with Gasteiger partial charge in [0.15, 0.2) is 11.5 Å². The van der Waals surface area contributed by atoms with Crippen LogP contribution in [0.3, 0.4) is 0 Å². The maximum absolute atomic E-state index is 12.0. The Morgan fingerprint density at radius 3 is 2.75 bits per heavy atom. The number of nitrogens with one attached hydrogen (secondary N) is 1. The molecule has 0 aliphatic heterocycles. The summed E-state index contributed by atoms with van der Waals surface area (Å²) in [5.74, 6) is 0.816. The lowest BCUT2D eigenvalue weighted by atomic mass is 10.1. The first-order valence-corrected chi connectivity index (χ1v) is 7.97. The topological polar surface area (TPSA) is 47.6 Å². The molecule has 0 heterocycles. The number of halogens is 1. The molecule has 0 aromatic heterocycles. The molecule has 0 saturated carbocycles. The number of benzene rings is 2. The number of rotatable bonds is 6.